The molecule has 0 spiro atoms. The lowest BCUT2D eigenvalue weighted by molar-refractivity contribution is 0.229. The molecule has 3 rings (SSSR count). The van der Waals surface area contributed by atoms with E-state index in [-0.39, 0.29) is 0 Å². The topological polar surface area (TPSA) is 24.5 Å². The van der Waals surface area contributed by atoms with Gasteiger partial charge >= 0.3 is 0 Å². The van der Waals surface area contributed by atoms with Crippen molar-refractivity contribution in [3.8, 4) is 5.75 Å². The zero-order valence-electron chi connectivity index (χ0n) is 13.1. The lowest BCUT2D eigenvalue weighted by Crippen LogP contribution is -2.43. The van der Waals surface area contributed by atoms with Crippen molar-refractivity contribution in [3.05, 3.63) is 27.3 Å². The Morgan fingerprint density at radius 2 is 1.81 bits per heavy atom. The third-order valence-electron chi connectivity index (χ3n) is 4.91. The fraction of sp³-hybridized carbons (Fsp3) is 0.647. The van der Waals surface area contributed by atoms with Crippen molar-refractivity contribution in [2.45, 2.75) is 39.2 Å². The van der Waals surface area contributed by atoms with Gasteiger partial charge in [-0.3, -0.25) is 4.90 Å². The Bertz CT molecular complexity index is 524. The van der Waals surface area contributed by atoms with Crippen LogP contribution in [0.4, 0.5) is 0 Å². The van der Waals surface area contributed by atoms with Crippen LogP contribution >= 0.6 is 11.6 Å². The highest BCUT2D eigenvalue weighted by molar-refractivity contribution is 6.33. The zero-order chi connectivity index (χ0) is 14.8. The first kappa shape index (κ1) is 15.1. The molecule has 0 amide bonds. The van der Waals surface area contributed by atoms with E-state index in [0.717, 1.165) is 49.9 Å². The Morgan fingerprint density at radius 1 is 1.14 bits per heavy atom. The summed E-state index contributed by atoms with van der Waals surface area (Å²) >= 11 is 6.67. The average molecular weight is 309 g/mol. The molecule has 0 bridgehead atoms. The number of nitrogens with one attached hydrogen (secondary N) is 1. The summed E-state index contributed by atoms with van der Waals surface area (Å²) in [6.45, 7) is 7.53. The summed E-state index contributed by atoms with van der Waals surface area (Å²) in [6.07, 6.45) is 4.79. The Morgan fingerprint density at radius 3 is 2.48 bits per heavy atom. The molecule has 0 saturated carbocycles. The van der Waals surface area contributed by atoms with Crippen molar-refractivity contribution in [2.75, 3.05) is 33.3 Å². The monoisotopic (exact) mass is 308 g/mol. The zero-order valence-corrected chi connectivity index (χ0v) is 13.9. The maximum absolute atomic E-state index is 6.67. The Kier molecular flexibility index (Phi) is 4.72. The molecule has 1 saturated heterocycles. The maximum Gasteiger partial charge on any atom is 0.142 e. The van der Waals surface area contributed by atoms with Crippen molar-refractivity contribution < 1.29 is 4.74 Å². The summed E-state index contributed by atoms with van der Waals surface area (Å²) in [5, 5.41) is 4.27. The van der Waals surface area contributed by atoms with E-state index < -0.39 is 0 Å². The van der Waals surface area contributed by atoms with Crippen LogP contribution in [0.2, 0.25) is 5.02 Å². The molecule has 21 heavy (non-hydrogen) atoms. The SMILES string of the molecule is COc1c(Cl)c2c(c(C)c1CN1CCNCC1)CCCC2. The lowest BCUT2D eigenvalue weighted by atomic mass is 9.85. The van der Waals surface area contributed by atoms with Crippen LogP contribution in [0.25, 0.3) is 0 Å². The van der Waals surface area contributed by atoms with Gasteiger partial charge in [-0.15, -0.1) is 0 Å². The lowest BCUT2D eigenvalue weighted by Gasteiger charge is -2.30. The molecule has 0 radical (unpaired) electrons. The number of rotatable bonds is 3. The van der Waals surface area contributed by atoms with E-state index in [4.69, 9.17) is 16.3 Å². The molecule has 0 unspecified atom stereocenters. The first-order valence-electron chi connectivity index (χ1n) is 8.02. The molecule has 1 aliphatic carbocycles. The van der Waals surface area contributed by atoms with Crippen LogP contribution in [0.1, 0.15) is 35.1 Å². The molecule has 1 fully saturated rings. The molecular formula is C17H25ClN2O. The number of benzene rings is 1. The van der Waals surface area contributed by atoms with E-state index in [1.807, 2.05) is 0 Å². The fourth-order valence-electron chi connectivity index (χ4n) is 3.68. The van der Waals surface area contributed by atoms with E-state index in [1.54, 1.807) is 7.11 Å². The third kappa shape index (κ3) is 2.92. The normalized spacial score (nSPS) is 19.4. The van der Waals surface area contributed by atoms with Gasteiger partial charge in [0.05, 0.1) is 12.1 Å². The van der Waals surface area contributed by atoms with Gasteiger partial charge in [0.15, 0.2) is 0 Å². The van der Waals surface area contributed by atoms with Crippen molar-refractivity contribution in [1.29, 1.82) is 0 Å². The van der Waals surface area contributed by atoms with Crippen LogP contribution < -0.4 is 10.1 Å². The van der Waals surface area contributed by atoms with Crippen LogP contribution in [0, 0.1) is 6.92 Å². The second-order valence-electron chi connectivity index (χ2n) is 6.14. The number of hydrogen-bond donors (Lipinski definition) is 1. The molecule has 116 valence electrons. The van der Waals surface area contributed by atoms with Crippen LogP contribution in [-0.4, -0.2) is 38.2 Å². The number of fused-ring (bicyclic) bond motifs is 1. The standard InChI is InChI=1S/C17H25ClN2O/c1-12-13-5-3-4-6-14(13)16(18)17(21-2)15(12)11-20-9-7-19-8-10-20/h19H,3-11H2,1-2H3. The summed E-state index contributed by atoms with van der Waals surface area (Å²) in [5.41, 5.74) is 5.52. The molecular weight excluding hydrogens is 284 g/mol. The minimum Gasteiger partial charge on any atom is -0.495 e. The molecule has 1 aliphatic heterocycles. The maximum atomic E-state index is 6.67. The molecule has 0 atom stereocenters. The quantitative estimate of drug-likeness (QED) is 0.929. The molecule has 1 aromatic carbocycles. The van der Waals surface area contributed by atoms with E-state index in [2.05, 4.69) is 17.1 Å². The van der Waals surface area contributed by atoms with Crippen molar-refractivity contribution in [1.82, 2.24) is 10.2 Å². The van der Waals surface area contributed by atoms with Gasteiger partial charge in [-0.1, -0.05) is 11.6 Å². The summed E-state index contributed by atoms with van der Waals surface area (Å²) in [7, 11) is 1.75. The molecule has 1 N–H and O–H groups in total. The van der Waals surface area contributed by atoms with Crippen molar-refractivity contribution in [3.63, 3.8) is 0 Å². The molecule has 4 heteroatoms. The van der Waals surface area contributed by atoms with Gasteiger partial charge in [-0.2, -0.15) is 0 Å². The van der Waals surface area contributed by atoms with Gasteiger partial charge in [0.2, 0.25) is 0 Å². The van der Waals surface area contributed by atoms with Crippen LogP contribution in [0.15, 0.2) is 0 Å². The van der Waals surface area contributed by atoms with Gasteiger partial charge in [0, 0.05) is 38.3 Å². The number of halogens is 1. The first-order chi connectivity index (χ1) is 10.2. The number of hydrogen-bond acceptors (Lipinski definition) is 3. The molecule has 3 nitrogen and oxygen atoms in total. The van der Waals surface area contributed by atoms with Crippen LogP contribution in [0.5, 0.6) is 5.75 Å². The fourth-order valence-corrected chi connectivity index (χ4v) is 4.08. The Labute approximate surface area is 132 Å². The van der Waals surface area contributed by atoms with E-state index in [9.17, 15) is 0 Å². The summed E-state index contributed by atoms with van der Waals surface area (Å²) in [5.74, 6) is 0.911. The van der Waals surface area contributed by atoms with Gasteiger partial charge in [0.25, 0.3) is 0 Å². The highest BCUT2D eigenvalue weighted by Crippen LogP contribution is 2.41. The number of piperazine rings is 1. The van der Waals surface area contributed by atoms with E-state index in [1.165, 1.54) is 41.5 Å². The van der Waals surface area contributed by atoms with E-state index >= 15 is 0 Å². The van der Waals surface area contributed by atoms with Gasteiger partial charge < -0.3 is 10.1 Å². The number of nitrogens with zero attached hydrogens (tertiary/aromatic N) is 1. The minimum atomic E-state index is 0.864. The minimum absolute atomic E-state index is 0.864. The molecule has 1 heterocycles. The largest absolute Gasteiger partial charge is 0.495 e. The second-order valence-corrected chi connectivity index (χ2v) is 6.52. The highest BCUT2D eigenvalue weighted by Gasteiger charge is 2.24. The highest BCUT2D eigenvalue weighted by atomic mass is 35.5. The second kappa shape index (κ2) is 6.55. The van der Waals surface area contributed by atoms with E-state index in [0.29, 0.717) is 0 Å². The van der Waals surface area contributed by atoms with Crippen molar-refractivity contribution in [2.24, 2.45) is 0 Å². The smallest absolute Gasteiger partial charge is 0.142 e. The molecule has 2 aliphatic rings. The Balaban J connectivity index is 1.99. The molecule has 1 aromatic rings. The Hall–Kier alpha value is -0.770. The van der Waals surface area contributed by atoms with Gasteiger partial charge in [-0.05, 0) is 49.3 Å². The number of methoxy groups -OCH3 is 1. The summed E-state index contributed by atoms with van der Waals surface area (Å²) < 4.78 is 5.69. The average Bonchev–Trinajstić information content (AvgIpc) is 2.54. The van der Waals surface area contributed by atoms with Crippen LogP contribution in [0.3, 0.4) is 0 Å². The van der Waals surface area contributed by atoms with Gasteiger partial charge in [0.1, 0.15) is 5.75 Å². The summed E-state index contributed by atoms with van der Waals surface area (Å²) in [6, 6.07) is 0. The van der Waals surface area contributed by atoms with Gasteiger partial charge in [-0.25, -0.2) is 0 Å². The third-order valence-corrected chi connectivity index (χ3v) is 5.31. The number of ether oxygens (including phenoxy) is 1. The van der Waals surface area contributed by atoms with Crippen molar-refractivity contribution >= 4 is 11.6 Å². The summed E-state index contributed by atoms with van der Waals surface area (Å²) in [4.78, 5) is 2.49. The first-order valence-corrected chi connectivity index (χ1v) is 8.40. The predicted octanol–water partition coefficient (Wildman–Crippen LogP) is 2.94. The van der Waals surface area contributed by atoms with Crippen LogP contribution in [-0.2, 0) is 19.4 Å². The predicted molar refractivity (Wildman–Crippen MR) is 87.5 cm³/mol. The molecule has 0 aromatic heterocycles.